The molecule has 28 heavy (non-hydrogen) atoms. The van der Waals surface area contributed by atoms with E-state index in [1.165, 1.54) is 5.56 Å². The highest BCUT2D eigenvalue weighted by Gasteiger charge is 2.13. The van der Waals surface area contributed by atoms with E-state index in [0.29, 0.717) is 17.7 Å². The van der Waals surface area contributed by atoms with Crippen LogP contribution < -0.4 is 0 Å². The second-order valence-electron chi connectivity index (χ2n) is 7.03. The van der Waals surface area contributed by atoms with Crippen LogP contribution in [0.15, 0.2) is 54.6 Å². The Morgan fingerprint density at radius 3 is 2.71 bits per heavy atom. The number of carbonyl (C=O) groups is 1. The van der Waals surface area contributed by atoms with Gasteiger partial charge in [0.15, 0.2) is 10.6 Å². The number of nitrogens with one attached hydrogen (secondary N) is 1. The number of amides is 1. The van der Waals surface area contributed by atoms with Crippen molar-refractivity contribution in [3.05, 3.63) is 70.5 Å². The number of hydrogen-bond donors (Lipinski definition) is 1. The van der Waals surface area contributed by atoms with E-state index in [1.807, 2.05) is 54.9 Å². The van der Waals surface area contributed by atoms with Gasteiger partial charge in [-0.3, -0.25) is 14.5 Å². The third-order valence-corrected chi connectivity index (χ3v) is 5.12. The molecule has 0 aliphatic carbocycles. The van der Waals surface area contributed by atoms with Crippen molar-refractivity contribution in [2.24, 2.45) is 0 Å². The normalized spacial score (nSPS) is 10.8. The summed E-state index contributed by atoms with van der Waals surface area (Å²) in [5, 5.41) is 7.21. The fraction of sp³-hybridized carbons (Fsp3) is 0.318. The zero-order valence-electron chi connectivity index (χ0n) is 16.4. The highest BCUT2D eigenvalue weighted by atomic mass is 32.1. The maximum absolute atomic E-state index is 12.5. The van der Waals surface area contributed by atoms with E-state index in [0.717, 1.165) is 36.3 Å². The second-order valence-corrected chi connectivity index (χ2v) is 7.41. The zero-order chi connectivity index (χ0) is 19.9. The summed E-state index contributed by atoms with van der Waals surface area (Å²) in [4.78, 5) is 14.3. The molecule has 1 heterocycles. The van der Waals surface area contributed by atoms with Crippen LogP contribution in [0.3, 0.4) is 0 Å². The van der Waals surface area contributed by atoms with Gasteiger partial charge in [0.05, 0.1) is 0 Å². The summed E-state index contributed by atoms with van der Waals surface area (Å²) >= 11 is 5.37. The number of H-pyrrole nitrogens is 1. The molecule has 5 nitrogen and oxygen atoms in total. The van der Waals surface area contributed by atoms with Crippen LogP contribution >= 0.6 is 12.2 Å². The molecule has 0 saturated heterocycles. The summed E-state index contributed by atoms with van der Waals surface area (Å²) in [6.07, 6.45) is 2.32. The van der Waals surface area contributed by atoms with E-state index < -0.39 is 0 Å². The summed E-state index contributed by atoms with van der Waals surface area (Å²) in [7, 11) is 1.86. The molecule has 2 aromatic carbocycles. The summed E-state index contributed by atoms with van der Waals surface area (Å²) in [5.41, 5.74) is 3.46. The van der Waals surface area contributed by atoms with Crippen LogP contribution in [0.1, 0.15) is 24.0 Å². The van der Waals surface area contributed by atoms with E-state index >= 15 is 0 Å². The first-order valence-electron chi connectivity index (χ1n) is 9.55. The van der Waals surface area contributed by atoms with Crippen molar-refractivity contribution in [3.63, 3.8) is 0 Å². The van der Waals surface area contributed by atoms with Gasteiger partial charge in [-0.1, -0.05) is 54.1 Å². The minimum atomic E-state index is 0.117. The molecule has 1 aromatic heterocycles. The molecular formula is C22H26N4OS. The SMILES string of the molecule is Cc1cccc(-c2n[nH]c(=S)n2CCC(=O)N(C)CCCc2ccccc2)c1. The third kappa shape index (κ3) is 5.16. The maximum atomic E-state index is 12.5. The average Bonchev–Trinajstić information content (AvgIpc) is 3.07. The van der Waals surface area contributed by atoms with Gasteiger partial charge in [-0.05, 0) is 43.6 Å². The Labute approximate surface area is 171 Å². The quantitative estimate of drug-likeness (QED) is 0.576. The van der Waals surface area contributed by atoms with Crippen LogP contribution in [0, 0.1) is 11.7 Å². The molecule has 0 spiro atoms. The van der Waals surface area contributed by atoms with Gasteiger partial charge in [-0.25, -0.2) is 0 Å². The van der Waals surface area contributed by atoms with Gasteiger partial charge in [0.2, 0.25) is 5.91 Å². The monoisotopic (exact) mass is 394 g/mol. The number of carbonyl (C=O) groups excluding carboxylic acids is 1. The Balaban J connectivity index is 1.56. The first-order valence-corrected chi connectivity index (χ1v) is 9.95. The van der Waals surface area contributed by atoms with Gasteiger partial charge in [0.1, 0.15) is 0 Å². The maximum Gasteiger partial charge on any atom is 0.224 e. The summed E-state index contributed by atoms with van der Waals surface area (Å²) < 4.78 is 2.44. The first kappa shape index (κ1) is 20.0. The second kappa shape index (κ2) is 9.46. The molecule has 1 N–H and O–H groups in total. The number of rotatable bonds is 8. The van der Waals surface area contributed by atoms with Gasteiger partial charge in [0, 0.05) is 32.1 Å². The fourth-order valence-electron chi connectivity index (χ4n) is 3.22. The Kier molecular flexibility index (Phi) is 6.76. The topological polar surface area (TPSA) is 53.9 Å². The molecule has 0 fully saturated rings. The highest BCUT2D eigenvalue weighted by molar-refractivity contribution is 7.71. The lowest BCUT2D eigenvalue weighted by atomic mass is 10.1. The average molecular weight is 395 g/mol. The first-order chi connectivity index (χ1) is 13.5. The number of benzene rings is 2. The molecular weight excluding hydrogens is 368 g/mol. The third-order valence-electron chi connectivity index (χ3n) is 4.81. The lowest BCUT2D eigenvalue weighted by Gasteiger charge is -2.17. The van der Waals surface area contributed by atoms with Crippen LogP contribution in [0.2, 0.25) is 0 Å². The van der Waals surface area contributed by atoms with Gasteiger partial charge >= 0.3 is 0 Å². The van der Waals surface area contributed by atoms with Crippen molar-refractivity contribution in [1.82, 2.24) is 19.7 Å². The standard InChI is InChI=1S/C22H26N4OS/c1-17-8-6-12-19(16-17)21-23-24-22(28)26(21)15-13-20(27)25(2)14-7-11-18-9-4-3-5-10-18/h3-6,8-10,12,16H,7,11,13-15H2,1-2H3,(H,24,28). The number of nitrogens with zero attached hydrogens (tertiary/aromatic N) is 3. The predicted octanol–water partition coefficient (Wildman–Crippen LogP) is 4.40. The summed E-state index contributed by atoms with van der Waals surface area (Å²) in [5.74, 6) is 0.889. The lowest BCUT2D eigenvalue weighted by molar-refractivity contribution is -0.130. The summed E-state index contributed by atoms with van der Waals surface area (Å²) in [6.45, 7) is 3.30. The smallest absolute Gasteiger partial charge is 0.224 e. The number of aryl methyl sites for hydroxylation is 2. The fourth-order valence-corrected chi connectivity index (χ4v) is 3.44. The molecule has 0 aliphatic heterocycles. The van der Waals surface area contributed by atoms with Gasteiger partial charge in [0.25, 0.3) is 0 Å². The molecule has 3 rings (SSSR count). The largest absolute Gasteiger partial charge is 0.346 e. The minimum absolute atomic E-state index is 0.117. The van der Waals surface area contributed by atoms with Crippen LogP contribution in [0.5, 0.6) is 0 Å². The molecule has 1 amide bonds. The Hall–Kier alpha value is -2.73. The van der Waals surface area contributed by atoms with Crippen molar-refractivity contribution in [2.45, 2.75) is 32.7 Å². The summed E-state index contributed by atoms with van der Waals surface area (Å²) in [6, 6.07) is 18.5. The van der Waals surface area contributed by atoms with Crippen molar-refractivity contribution in [2.75, 3.05) is 13.6 Å². The van der Waals surface area contributed by atoms with Crippen LogP contribution in [-0.4, -0.2) is 39.2 Å². The van der Waals surface area contributed by atoms with Gasteiger partial charge in [-0.15, -0.1) is 0 Å². The molecule has 146 valence electrons. The minimum Gasteiger partial charge on any atom is -0.346 e. The van der Waals surface area contributed by atoms with Crippen molar-refractivity contribution in [3.8, 4) is 11.4 Å². The molecule has 0 bridgehead atoms. The Bertz CT molecular complexity index is 977. The van der Waals surface area contributed by atoms with E-state index in [4.69, 9.17) is 12.2 Å². The highest BCUT2D eigenvalue weighted by Crippen LogP contribution is 2.19. The molecule has 0 saturated carbocycles. The molecule has 6 heteroatoms. The van der Waals surface area contributed by atoms with Crippen LogP contribution in [-0.2, 0) is 17.8 Å². The van der Waals surface area contributed by atoms with E-state index in [-0.39, 0.29) is 5.91 Å². The van der Waals surface area contributed by atoms with Crippen molar-refractivity contribution in [1.29, 1.82) is 0 Å². The van der Waals surface area contributed by atoms with E-state index in [9.17, 15) is 4.79 Å². The lowest BCUT2D eigenvalue weighted by Crippen LogP contribution is -2.28. The Morgan fingerprint density at radius 1 is 1.18 bits per heavy atom. The van der Waals surface area contributed by atoms with Crippen molar-refractivity contribution < 1.29 is 4.79 Å². The zero-order valence-corrected chi connectivity index (χ0v) is 17.2. The predicted molar refractivity (Wildman–Crippen MR) is 115 cm³/mol. The van der Waals surface area contributed by atoms with Gasteiger partial charge in [-0.2, -0.15) is 5.10 Å². The van der Waals surface area contributed by atoms with Crippen LogP contribution in [0.25, 0.3) is 11.4 Å². The molecule has 0 radical (unpaired) electrons. The molecule has 3 aromatic rings. The number of aromatic amines is 1. The van der Waals surface area contributed by atoms with Gasteiger partial charge < -0.3 is 4.90 Å². The van der Waals surface area contributed by atoms with Crippen LogP contribution in [0.4, 0.5) is 0 Å². The number of hydrogen-bond acceptors (Lipinski definition) is 3. The molecule has 0 aliphatic rings. The number of aromatic nitrogens is 3. The molecule has 0 atom stereocenters. The molecule has 0 unspecified atom stereocenters. The van der Waals surface area contributed by atoms with E-state index in [1.54, 1.807) is 4.90 Å². The van der Waals surface area contributed by atoms with E-state index in [2.05, 4.69) is 28.4 Å². The Morgan fingerprint density at radius 2 is 1.96 bits per heavy atom. The van der Waals surface area contributed by atoms with Crippen molar-refractivity contribution >= 4 is 18.1 Å².